The van der Waals surface area contributed by atoms with Gasteiger partial charge in [-0.3, -0.25) is 4.79 Å². The predicted molar refractivity (Wildman–Crippen MR) is 100 cm³/mol. The van der Waals surface area contributed by atoms with Gasteiger partial charge in [-0.2, -0.15) is 5.26 Å². The Morgan fingerprint density at radius 2 is 1.85 bits per heavy atom. The summed E-state index contributed by atoms with van der Waals surface area (Å²) in [7, 11) is 0. The first-order valence-corrected chi connectivity index (χ1v) is 8.17. The molecule has 0 bridgehead atoms. The molecule has 0 aliphatic carbocycles. The Labute approximate surface area is 151 Å². The van der Waals surface area contributed by atoms with Gasteiger partial charge in [-0.05, 0) is 43.3 Å². The van der Waals surface area contributed by atoms with E-state index in [-0.39, 0.29) is 11.6 Å². The lowest BCUT2D eigenvalue weighted by Crippen LogP contribution is -2.20. The van der Waals surface area contributed by atoms with Crippen molar-refractivity contribution in [1.29, 1.82) is 5.26 Å². The largest absolute Gasteiger partial charge is 0.327 e. The number of carbonyl (C=O) groups is 1. The lowest BCUT2D eigenvalue weighted by molar-refractivity contribution is 0.102. The standard InChI is InChI=1S/C20H17N5O/c1-2-25(17-6-4-3-5-7-17)19-12-18(22-14-23-19)20(26)24-16-10-8-15(13-21)9-11-16/h3-12,14H,2H2,1H3,(H,24,26). The number of nitrogens with one attached hydrogen (secondary N) is 1. The molecule has 0 aliphatic rings. The molecule has 1 N–H and O–H groups in total. The van der Waals surface area contributed by atoms with Crippen molar-refractivity contribution in [2.45, 2.75) is 6.92 Å². The second kappa shape index (κ2) is 7.90. The Balaban J connectivity index is 1.81. The molecule has 0 saturated heterocycles. The number of amides is 1. The Morgan fingerprint density at radius 1 is 1.12 bits per heavy atom. The van der Waals surface area contributed by atoms with E-state index in [9.17, 15) is 4.79 Å². The molecule has 0 spiro atoms. The first kappa shape index (κ1) is 17.1. The van der Waals surface area contributed by atoms with Crippen molar-refractivity contribution in [3.05, 3.63) is 78.2 Å². The summed E-state index contributed by atoms with van der Waals surface area (Å²) in [4.78, 5) is 22.9. The average molecular weight is 343 g/mol. The lowest BCUT2D eigenvalue weighted by atomic mass is 10.2. The highest BCUT2D eigenvalue weighted by Gasteiger charge is 2.13. The Kier molecular flexibility index (Phi) is 5.20. The summed E-state index contributed by atoms with van der Waals surface area (Å²) in [6.07, 6.45) is 1.38. The van der Waals surface area contributed by atoms with Crippen LogP contribution in [0.1, 0.15) is 23.0 Å². The quantitative estimate of drug-likeness (QED) is 0.763. The van der Waals surface area contributed by atoms with Gasteiger partial charge < -0.3 is 10.2 Å². The minimum Gasteiger partial charge on any atom is -0.327 e. The van der Waals surface area contributed by atoms with Crippen LogP contribution in [0.5, 0.6) is 0 Å². The second-order valence-electron chi connectivity index (χ2n) is 5.48. The van der Waals surface area contributed by atoms with Crippen LogP contribution in [0.2, 0.25) is 0 Å². The second-order valence-corrected chi connectivity index (χ2v) is 5.48. The molecule has 2 aromatic carbocycles. The fourth-order valence-electron chi connectivity index (χ4n) is 2.53. The van der Waals surface area contributed by atoms with Crippen molar-refractivity contribution < 1.29 is 4.79 Å². The van der Waals surface area contributed by atoms with Crippen molar-refractivity contribution in [3.63, 3.8) is 0 Å². The van der Waals surface area contributed by atoms with Gasteiger partial charge >= 0.3 is 0 Å². The number of anilines is 3. The average Bonchev–Trinajstić information content (AvgIpc) is 2.70. The molecule has 0 saturated carbocycles. The van der Waals surface area contributed by atoms with Gasteiger partial charge in [-0.25, -0.2) is 9.97 Å². The number of para-hydroxylation sites is 1. The van der Waals surface area contributed by atoms with Crippen molar-refractivity contribution in [1.82, 2.24) is 9.97 Å². The third-order valence-corrected chi connectivity index (χ3v) is 3.82. The maximum absolute atomic E-state index is 12.5. The van der Waals surface area contributed by atoms with Crippen LogP contribution < -0.4 is 10.2 Å². The molecule has 6 nitrogen and oxygen atoms in total. The zero-order valence-electron chi connectivity index (χ0n) is 14.3. The van der Waals surface area contributed by atoms with E-state index in [4.69, 9.17) is 5.26 Å². The van der Waals surface area contributed by atoms with Crippen LogP contribution in [0.4, 0.5) is 17.2 Å². The minimum atomic E-state index is -0.331. The summed E-state index contributed by atoms with van der Waals surface area (Å²) in [5.41, 5.74) is 2.40. The van der Waals surface area contributed by atoms with Crippen LogP contribution >= 0.6 is 0 Å². The molecule has 3 aromatic rings. The molecule has 0 unspecified atom stereocenters. The zero-order chi connectivity index (χ0) is 18.4. The highest BCUT2D eigenvalue weighted by molar-refractivity contribution is 6.03. The predicted octanol–water partition coefficient (Wildman–Crippen LogP) is 3.76. The number of hydrogen-bond acceptors (Lipinski definition) is 5. The third kappa shape index (κ3) is 3.84. The Morgan fingerprint density at radius 3 is 2.50 bits per heavy atom. The molecule has 1 amide bonds. The van der Waals surface area contributed by atoms with Crippen molar-refractivity contribution >= 4 is 23.1 Å². The smallest absolute Gasteiger partial charge is 0.274 e. The maximum atomic E-state index is 12.5. The van der Waals surface area contributed by atoms with Gasteiger partial charge in [0.15, 0.2) is 0 Å². The number of aromatic nitrogens is 2. The molecule has 26 heavy (non-hydrogen) atoms. The van der Waals surface area contributed by atoms with E-state index in [2.05, 4.69) is 15.3 Å². The normalized spacial score (nSPS) is 10.0. The van der Waals surface area contributed by atoms with E-state index in [0.717, 1.165) is 5.69 Å². The first-order chi connectivity index (χ1) is 12.7. The van der Waals surface area contributed by atoms with Crippen molar-refractivity contribution in [2.24, 2.45) is 0 Å². The van der Waals surface area contributed by atoms with Gasteiger partial charge in [-0.15, -0.1) is 0 Å². The fraction of sp³-hybridized carbons (Fsp3) is 0.100. The fourth-order valence-corrected chi connectivity index (χ4v) is 2.53. The molecule has 3 rings (SSSR count). The number of benzene rings is 2. The van der Waals surface area contributed by atoms with Crippen LogP contribution in [-0.4, -0.2) is 22.4 Å². The summed E-state index contributed by atoms with van der Waals surface area (Å²) < 4.78 is 0. The monoisotopic (exact) mass is 343 g/mol. The molecule has 128 valence electrons. The molecular weight excluding hydrogens is 326 g/mol. The van der Waals surface area contributed by atoms with Gasteiger partial charge in [0.2, 0.25) is 0 Å². The summed E-state index contributed by atoms with van der Waals surface area (Å²) >= 11 is 0. The molecule has 0 atom stereocenters. The van der Waals surface area contributed by atoms with Crippen LogP contribution in [0.15, 0.2) is 67.0 Å². The van der Waals surface area contributed by atoms with Gasteiger partial charge in [-0.1, -0.05) is 18.2 Å². The Hall–Kier alpha value is -3.72. The molecule has 1 heterocycles. The van der Waals surface area contributed by atoms with Crippen LogP contribution in [0, 0.1) is 11.3 Å². The van der Waals surface area contributed by atoms with E-state index in [1.54, 1.807) is 30.3 Å². The summed E-state index contributed by atoms with van der Waals surface area (Å²) in [6, 6.07) is 20.2. The summed E-state index contributed by atoms with van der Waals surface area (Å²) in [6.45, 7) is 2.73. The van der Waals surface area contributed by atoms with E-state index < -0.39 is 0 Å². The number of nitrogens with zero attached hydrogens (tertiary/aromatic N) is 4. The number of hydrogen-bond donors (Lipinski definition) is 1. The third-order valence-electron chi connectivity index (χ3n) is 3.82. The molecule has 1 aromatic heterocycles. The maximum Gasteiger partial charge on any atom is 0.274 e. The number of nitriles is 1. The van der Waals surface area contributed by atoms with E-state index in [1.807, 2.05) is 48.2 Å². The lowest BCUT2D eigenvalue weighted by Gasteiger charge is -2.22. The molecular formula is C20H17N5O. The SMILES string of the molecule is CCN(c1ccccc1)c1cc(C(=O)Nc2ccc(C#N)cc2)ncn1. The van der Waals surface area contributed by atoms with E-state index >= 15 is 0 Å². The van der Waals surface area contributed by atoms with Crippen LogP contribution in [0.3, 0.4) is 0 Å². The highest BCUT2D eigenvalue weighted by Crippen LogP contribution is 2.23. The van der Waals surface area contributed by atoms with Gasteiger partial charge in [0, 0.05) is 24.0 Å². The first-order valence-electron chi connectivity index (χ1n) is 8.17. The van der Waals surface area contributed by atoms with Crippen molar-refractivity contribution in [3.8, 4) is 6.07 Å². The van der Waals surface area contributed by atoms with Crippen LogP contribution in [0.25, 0.3) is 0 Å². The summed E-state index contributed by atoms with van der Waals surface area (Å²) in [5.74, 6) is 0.321. The zero-order valence-corrected chi connectivity index (χ0v) is 14.3. The summed E-state index contributed by atoms with van der Waals surface area (Å²) in [5, 5.41) is 11.6. The minimum absolute atomic E-state index is 0.272. The number of carbonyl (C=O) groups excluding carboxylic acids is 1. The molecule has 6 heteroatoms. The van der Waals surface area contributed by atoms with Gasteiger partial charge in [0.1, 0.15) is 17.8 Å². The van der Waals surface area contributed by atoms with Crippen molar-refractivity contribution in [2.75, 3.05) is 16.8 Å². The van der Waals surface area contributed by atoms with E-state index in [1.165, 1.54) is 6.33 Å². The molecule has 0 aliphatic heterocycles. The van der Waals surface area contributed by atoms with Gasteiger partial charge in [0.25, 0.3) is 5.91 Å². The van der Waals surface area contributed by atoms with Gasteiger partial charge in [0.05, 0.1) is 11.6 Å². The number of rotatable bonds is 5. The van der Waals surface area contributed by atoms with E-state index in [0.29, 0.717) is 23.6 Å². The topological polar surface area (TPSA) is 81.9 Å². The molecule has 0 radical (unpaired) electrons. The highest BCUT2D eigenvalue weighted by atomic mass is 16.1. The molecule has 0 fully saturated rings. The Bertz CT molecular complexity index is 932. The van der Waals surface area contributed by atoms with Crippen LogP contribution in [-0.2, 0) is 0 Å².